The second-order valence-corrected chi connectivity index (χ2v) is 13.7. The van der Waals surface area contributed by atoms with Crippen LogP contribution in [0.2, 0.25) is 0 Å². The van der Waals surface area contributed by atoms with E-state index in [1.54, 1.807) is 53.7 Å². The van der Waals surface area contributed by atoms with E-state index in [1.165, 1.54) is 18.1 Å². The highest BCUT2D eigenvalue weighted by molar-refractivity contribution is 9.10. The number of amidine groups is 1. The number of rotatable bonds is 6. The Balaban J connectivity index is 2.66. The van der Waals surface area contributed by atoms with Gasteiger partial charge in [0, 0.05) is 22.9 Å². The first kappa shape index (κ1) is 27.8. The standard InChI is InChI=1S/C22H35BrFN3O5S/c1-20(2,3)32-19(28)27(14-31-11-10-30-7)18-21(4,5)33(25,29)13-22(6,26-18)16-12-15(23)8-9-17(16)24/h8-9,12,33H,10-11,13-14H2,1-7H3,(H2,25,29)/t22-/m0/s1. The molecule has 2 rings (SSSR count). The molecule has 1 atom stereocenters. The summed E-state index contributed by atoms with van der Waals surface area (Å²) in [6.45, 7) is 10.5. The van der Waals surface area contributed by atoms with E-state index < -0.39 is 37.9 Å². The molecule has 0 spiro atoms. The van der Waals surface area contributed by atoms with E-state index in [0.717, 1.165) is 0 Å². The average molecular weight is 553 g/mol. The van der Waals surface area contributed by atoms with Gasteiger partial charge in [0.2, 0.25) is 0 Å². The first-order valence-electron chi connectivity index (χ1n) is 10.5. The molecule has 0 aliphatic carbocycles. The molecular formula is C22H35BrFN3O5S. The Morgan fingerprint density at radius 1 is 1.30 bits per heavy atom. The maximum absolute atomic E-state index is 14.9. The van der Waals surface area contributed by atoms with Gasteiger partial charge in [-0.2, -0.15) is 0 Å². The van der Waals surface area contributed by atoms with Gasteiger partial charge in [0.25, 0.3) is 0 Å². The van der Waals surface area contributed by atoms with Crippen LogP contribution in [0.4, 0.5) is 9.18 Å². The predicted molar refractivity (Wildman–Crippen MR) is 132 cm³/mol. The van der Waals surface area contributed by atoms with Gasteiger partial charge in [-0.05, 0) is 69.9 Å². The molecule has 1 amide bonds. The summed E-state index contributed by atoms with van der Waals surface area (Å²) >= 11 is 3.36. The number of halogens is 2. The fourth-order valence-corrected chi connectivity index (χ4v) is 5.91. The summed E-state index contributed by atoms with van der Waals surface area (Å²) in [6.07, 6.45) is -0.731. The molecule has 2 N–H and O–H groups in total. The van der Waals surface area contributed by atoms with Crippen LogP contribution in [0.1, 0.15) is 47.1 Å². The van der Waals surface area contributed by atoms with Gasteiger partial charge in [-0.15, -0.1) is 0 Å². The number of benzene rings is 1. The molecule has 8 nitrogen and oxygen atoms in total. The summed E-state index contributed by atoms with van der Waals surface area (Å²) in [4.78, 5) is 19.2. The molecule has 11 heteroatoms. The zero-order valence-corrected chi connectivity index (χ0v) is 22.8. The van der Waals surface area contributed by atoms with Crippen LogP contribution < -0.4 is 5.14 Å². The lowest BCUT2D eigenvalue weighted by atomic mass is 9.93. The minimum Gasteiger partial charge on any atom is -0.443 e. The quantitative estimate of drug-likeness (QED) is 0.318. The molecule has 0 bridgehead atoms. The van der Waals surface area contributed by atoms with Gasteiger partial charge in [-0.1, -0.05) is 15.9 Å². The van der Waals surface area contributed by atoms with E-state index in [1.807, 2.05) is 0 Å². The number of hydrogen-bond donors (Lipinski definition) is 2. The van der Waals surface area contributed by atoms with Crippen molar-refractivity contribution < 1.29 is 27.6 Å². The Morgan fingerprint density at radius 2 is 1.94 bits per heavy atom. The van der Waals surface area contributed by atoms with Gasteiger partial charge in [-0.25, -0.2) is 14.1 Å². The molecular weight excluding hydrogens is 517 g/mol. The third-order valence-electron chi connectivity index (χ3n) is 5.42. The van der Waals surface area contributed by atoms with Gasteiger partial charge >= 0.3 is 6.09 Å². The average Bonchev–Trinajstić information content (AvgIpc) is 2.65. The van der Waals surface area contributed by atoms with Crippen LogP contribution in [0.25, 0.3) is 0 Å². The van der Waals surface area contributed by atoms with Crippen molar-refractivity contribution in [3.8, 4) is 0 Å². The Kier molecular flexibility index (Phi) is 8.50. The van der Waals surface area contributed by atoms with E-state index in [2.05, 4.69) is 15.9 Å². The number of nitrogens with two attached hydrogens (primary N) is 1. The maximum Gasteiger partial charge on any atom is 0.417 e. The Hall–Kier alpha value is -1.40. The molecule has 1 aliphatic rings. The highest BCUT2D eigenvalue weighted by Gasteiger charge is 2.51. The number of hydrogen-bond acceptors (Lipinski definition) is 6. The van der Waals surface area contributed by atoms with Crippen LogP contribution in [0.15, 0.2) is 27.7 Å². The van der Waals surface area contributed by atoms with Crippen LogP contribution in [-0.4, -0.2) is 64.2 Å². The van der Waals surface area contributed by atoms with E-state index >= 15 is 0 Å². The van der Waals surface area contributed by atoms with Crippen molar-refractivity contribution in [3.05, 3.63) is 34.1 Å². The topological polar surface area (TPSA) is 103 Å². The van der Waals surface area contributed by atoms with Crippen molar-refractivity contribution in [2.24, 2.45) is 10.1 Å². The van der Waals surface area contributed by atoms with E-state index in [-0.39, 0.29) is 30.5 Å². The van der Waals surface area contributed by atoms with Gasteiger partial charge in [-0.3, -0.25) is 14.3 Å². The fraction of sp³-hybridized carbons (Fsp3) is 0.636. The number of ether oxygens (including phenoxy) is 3. The van der Waals surface area contributed by atoms with E-state index in [0.29, 0.717) is 11.1 Å². The molecule has 1 heterocycles. The van der Waals surface area contributed by atoms with Crippen molar-refractivity contribution in [2.75, 3.05) is 32.8 Å². The highest BCUT2D eigenvalue weighted by atomic mass is 79.9. The molecule has 33 heavy (non-hydrogen) atoms. The number of carbonyl (C=O) groups is 1. The SMILES string of the molecule is COCCOCN(C(=O)OC(C)(C)C)C1=N[C@](C)(c2cc(Br)ccc2F)C[SH](N)(=O)C1(C)C. The zero-order valence-electron chi connectivity index (χ0n) is 20.3. The van der Waals surface area contributed by atoms with Crippen molar-refractivity contribution in [2.45, 2.75) is 57.4 Å². The number of methoxy groups -OCH3 is 1. The third-order valence-corrected chi connectivity index (χ3v) is 9.09. The molecule has 0 aromatic heterocycles. The predicted octanol–water partition coefficient (Wildman–Crippen LogP) is 3.74. The largest absolute Gasteiger partial charge is 0.443 e. The summed E-state index contributed by atoms with van der Waals surface area (Å²) in [7, 11) is -1.97. The molecule has 1 aliphatic heterocycles. The Labute approximate surface area is 204 Å². The van der Waals surface area contributed by atoms with Crippen molar-refractivity contribution in [3.63, 3.8) is 0 Å². The number of thiol groups is 1. The fourth-order valence-electron chi connectivity index (χ4n) is 3.49. The second kappa shape index (κ2) is 10.1. The maximum atomic E-state index is 14.9. The summed E-state index contributed by atoms with van der Waals surface area (Å²) in [5.41, 5.74) is -1.86. The summed E-state index contributed by atoms with van der Waals surface area (Å²) in [6, 6.07) is 4.46. The lowest BCUT2D eigenvalue weighted by molar-refractivity contribution is -0.00307. The van der Waals surface area contributed by atoms with Crippen molar-refractivity contribution in [1.82, 2.24) is 4.90 Å². The Morgan fingerprint density at radius 3 is 2.52 bits per heavy atom. The lowest BCUT2D eigenvalue weighted by Gasteiger charge is -2.49. The van der Waals surface area contributed by atoms with E-state index in [4.69, 9.17) is 24.3 Å². The molecule has 0 saturated carbocycles. The van der Waals surface area contributed by atoms with Gasteiger partial charge in [0.15, 0.2) is 0 Å². The molecule has 1 aromatic carbocycles. The van der Waals surface area contributed by atoms with Crippen molar-refractivity contribution >= 4 is 38.0 Å². The van der Waals surface area contributed by atoms with Gasteiger partial charge in [0.05, 0.1) is 23.5 Å². The van der Waals surface area contributed by atoms with E-state index in [9.17, 15) is 13.4 Å². The highest BCUT2D eigenvalue weighted by Crippen LogP contribution is 2.41. The first-order valence-corrected chi connectivity index (χ1v) is 13.3. The minimum atomic E-state index is -3.50. The third kappa shape index (κ3) is 6.39. The van der Waals surface area contributed by atoms with Crippen LogP contribution in [0.5, 0.6) is 0 Å². The summed E-state index contributed by atoms with van der Waals surface area (Å²) in [5, 5.41) is 6.39. The number of aliphatic imine (C=N–C) groups is 1. The molecule has 1 aromatic rings. The minimum absolute atomic E-state index is 0.0729. The summed E-state index contributed by atoms with van der Waals surface area (Å²) in [5.74, 6) is -0.465. The summed E-state index contributed by atoms with van der Waals surface area (Å²) < 4.78 is 44.3. The Bertz CT molecular complexity index is 966. The lowest BCUT2D eigenvalue weighted by Crippen LogP contribution is -2.64. The molecule has 0 radical (unpaired) electrons. The number of amides is 1. The van der Waals surface area contributed by atoms with Crippen LogP contribution >= 0.6 is 15.9 Å². The van der Waals surface area contributed by atoms with Crippen LogP contribution in [0.3, 0.4) is 0 Å². The van der Waals surface area contributed by atoms with Gasteiger partial charge in [0.1, 0.15) is 24.0 Å². The number of nitrogens with zero attached hydrogens (tertiary/aromatic N) is 2. The zero-order chi connectivity index (χ0) is 25.2. The second-order valence-electron chi connectivity index (χ2n) is 9.78. The smallest absolute Gasteiger partial charge is 0.417 e. The van der Waals surface area contributed by atoms with Crippen molar-refractivity contribution in [1.29, 1.82) is 0 Å². The first-order chi connectivity index (χ1) is 15.0. The normalized spacial score (nSPS) is 22.9. The monoisotopic (exact) mass is 551 g/mol. The molecule has 188 valence electrons. The van der Waals surface area contributed by atoms with Crippen LogP contribution in [-0.2, 0) is 29.9 Å². The molecule has 0 unspecified atom stereocenters. The van der Waals surface area contributed by atoms with Gasteiger partial charge < -0.3 is 14.2 Å². The number of carbonyl (C=O) groups excluding carboxylic acids is 1. The molecule has 0 fully saturated rings. The van der Waals surface area contributed by atoms with Crippen LogP contribution in [0, 0.1) is 5.82 Å². The molecule has 0 saturated heterocycles.